The summed E-state index contributed by atoms with van der Waals surface area (Å²) in [6.45, 7) is 0. The number of rotatable bonds is 4. The minimum atomic E-state index is 1.23. The van der Waals surface area contributed by atoms with E-state index in [1.807, 2.05) is 0 Å². The van der Waals surface area contributed by atoms with Gasteiger partial charge in [-0.25, -0.2) is 0 Å². The van der Waals surface area contributed by atoms with E-state index in [9.17, 15) is 0 Å². The van der Waals surface area contributed by atoms with Crippen LogP contribution in [0.3, 0.4) is 0 Å². The summed E-state index contributed by atoms with van der Waals surface area (Å²) < 4.78 is 0. The van der Waals surface area contributed by atoms with Crippen LogP contribution in [0.25, 0.3) is 87.6 Å². The molecule has 0 aromatic heterocycles. The van der Waals surface area contributed by atoms with E-state index in [0.717, 1.165) is 0 Å². The minimum Gasteiger partial charge on any atom is -0.0622 e. The van der Waals surface area contributed by atoms with Crippen LogP contribution < -0.4 is 0 Å². The molecule has 0 unspecified atom stereocenters. The Labute approximate surface area is 256 Å². The minimum absolute atomic E-state index is 1.23. The van der Waals surface area contributed by atoms with Crippen LogP contribution in [0.2, 0.25) is 0 Å². The smallest absolute Gasteiger partial charge is 0.00141 e. The van der Waals surface area contributed by atoms with Gasteiger partial charge < -0.3 is 0 Å². The Hall–Kier alpha value is -5.72. The van der Waals surface area contributed by atoms with Crippen molar-refractivity contribution in [3.05, 3.63) is 170 Å². The Morgan fingerprint density at radius 3 is 1.52 bits per heavy atom. The van der Waals surface area contributed by atoms with Crippen LogP contribution in [0, 0.1) is 0 Å². The predicted octanol–water partition coefficient (Wildman–Crippen LogP) is 12.4. The van der Waals surface area contributed by atoms with E-state index >= 15 is 0 Å². The molecule has 0 nitrogen and oxygen atoms in total. The molecule has 0 heterocycles. The zero-order valence-electron chi connectivity index (χ0n) is 24.2. The van der Waals surface area contributed by atoms with Gasteiger partial charge in [-0.15, -0.1) is 0 Å². The molecule has 9 aromatic carbocycles. The summed E-state index contributed by atoms with van der Waals surface area (Å²) in [7, 11) is 0. The van der Waals surface area contributed by atoms with Crippen molar-refractivity contribution in [1.29, 1.82) is 0 Å². The highest BCUT2D eigenvalue weighted by molar-refractivity contribution is 6.30. The Balaban J connectivity index is 1.42. The van der Waals surface area contributed by atoms with Gasteiger partial charge in [-0.05, 0) is 93.7 Å². The van der Waals surface area contributed by atoms with Crippen LogP contribution in [-0.4, -0.2) is 0 Å². The molecule has 0 amide bonds. The lowest BCUT2D eigenvalue weighted by molar-refractivity contribution is 1.61. The topological polar surface area (TPSA) is 0 Å². The van der Waals surface area contributed by atoms with E-state index in [1.54, 1.807) is 0 Å². The van der Waals surface area contributed by atoms with Crippen molar-refractivity contribution >= 4 is 43.1 Å². The molecule has 204 valence electrons. The first kappa shape index (κ1) is 24.8. The first-order valence-electron chi connectivity index (χ1n) is 15.3. The molecule has 0 aliphatic rings. The molecule has 0 spiro atoms. The third kappa shape index (κ3) is 3.78. The zero-order valence-corrected chi connectivity index (χ0v) is 24.2. The van der Waals surface area contributed by atoms with E-state index < -0.39 is 0 Å². The van der Waals surface area contributed by atoms with Crippen molar-refractivity contribution < 1.29 is 0 Å². The summed E-state index contributed by atoms with van der Waals surface area (Å²) in [6, 6.07) is 62.3. The van der Waals surface area contributed by atoms with Gasteiger partial charge in [-0.3, -0.25) is 0 Å². The number of fused-ring (bicyclic) bond motifs is 1. The first-order valence-corrected chi connectivity index (χ1v) is 15.3. The lowest BCUT2D eigenvalue weighted by Crippen LogP contribution is -1.93. The van der Waals surface area contributed by atoms with E-state index in [2.05, 4.69) is 170 Å². The fourth-order valence-electron chi connectivity index (χ4n) is 7.26. The fourth-order valence-corrected chi connectivity index (χ4v) is 7.26. The quantitative estimate of drug-likeness (QED) is 0.189. The van der Waals surface area contributed by atoms with Gasteiger partial charge in [0.25, 0.3) is 0 Å². The summed E-state index contributed by atoms with van der Waals surface area (Å²) >= 11 is 0. The third-order valence-electron chi connectivity index (χ3n) is 9.25. The molecular formula is C44H28. The highest BCUT2D eigenvalue weighted by Gasteiger charge is 2.20. The molecule has 0 bridgehead atoms. The Kier molecular flexibility index (Phi) is 5.61. The molecule has 0 atom stereocenters. The third-order valence-corrected chi connectivity index (χ3v) is 9.25. The highest BCUT2D eigenvalue weighted by Crippen LogP contribution is 2.47. The highest BCUT2D eigenvalue weighted by atomic mass is 14.2. The SMILES string of the molecule is c1ccc(-c2ccc3ccc4c(-c5ccccc5)cc(-c5ccccc5-c5cccc6ccccc56)c5ccc2c3c45)cc1. The molecule has 0 N–H and O–H groups in total. The average Bonchev–Trinajstić information content (AvgIpc) is 3.11. The van der Waals surface area contributed by atoms with Crippen LogP contribution in [0.1, 0.15) is 0 Å². The summed E-state index contributed by atoms with van der Waals surface area (Å²) in [5.41, 5.74) is 10.0. The molecule has 9 aromatic rings. The standard InChI is InChI=1S/C44H28/c1-3-12-29(13-4-1)34-24-22-32-23-25-39-41(31-14-5-2-6-15-31)28-42(40-27-26-38(34)43(32)44(39)40)37-20-10-9-19-36(37)35-21-11-17-30-16-7-8-18-33(30)35/h1-28H. The Bertz CT molecular complexity index is 2460. The number of hydrogen-bond acceptors (Lipinski definition) is 0. The summed E-state index contributed by atoms with van der Waals surface area (Å²) in [5.74, 6) is 0. The fraction of sp³-hybridized carbons (Fsp3) is 0. The summed E-state index contributed by atoms with van der Waals surface area (Å²) in [4.78, 5) is 0. The Morgan fingerprint density at radius 1 is 0.227 bits per heavy atom. The van der Waals surface area contributed by atoms with E-state index in [4.69, 9.17) is 0 Å². The lowest BCUT2D eigenvalue weighted by Gasteiger charge is -2.21. The van der Waals surface area contributed by atoms with Crippen LogP contribution in [0.4, 0.5) is 0 Å². The maximum Gasteiger partial charge on any atom is -0.00141 e. The summed E-state index contributed by atoms with van der Waals surface area (Å²) in [6.07, 6.45) is 0. The van der Waals surface area contributed by atoms with Gasteiger partial charge in [0.05, 0.1) is 0 Å². The maximum absolute atomic E-state index is 2.43. The van der Waals surface area contributed by atoms with Crippen molar-refractivity contribution in [1.82, 2.24) is 0 Å². The van der Waals surface area contributed by atoms with Gasteiger partial charge in [0.2, 0.25) is 0 Å². The molecule has 0 heteroatoms. The second kappa shape index (κ2) is 9.93. The van der Waals surface area contributed by atoms with Crippen molar-refractivity contribution in [2.45, 2.75) is 0 Å². The van der Waals surface area contributed by atoms with Gasteiger partial charge in [0.15, 0.2) is 0 Å². The zero-order chi connectivity index (χ0) is 29.0. The van der Waals surface area contributed by atoms with Crippen molar-refractivity contribution in [3.63, 3.8) is 0 Å². The van der Waals surface area contributed by atoms with E-state index in [-0.39, 0.29) is 0 Å². The van der Waals surface area contributed by atoms with Crippen LogP contribution in [0.5, 0.6) is 0 Å². The van der Waals surface area contributed by atoms with E-state index in [1.165, 1.54) is 87.6 Å². The van der Waals surface area contributed by atoms with Crippen LogP contribution in [-0.2, 0) is 0 Å². The van der Waals surface area contributed by atoms with Crippen molar-refractivity contribution in [2.24, 2.45) is 0 Å². The largest absolute Gasteiger partial charge is 0.0622 e. The summed E-state index contributed by atoms with van der Waals surface area (Å²) in [5, 5.41) is 10.4. The van der Waals surface area contributed by atoms with Crippen LogP contribution in [0.15, 0.2) is 170 Å². The average molecular weight is 557 g/mol. The van der Waals surface area contributed by atoms with Crippen molar-refractivity contribution in [3.8, 4) is 44.5 Å². The van der Waals surface area contributed by atoms with Gasteiger partial charge >= 0.3 is 0 Å². The molecule has 0 radical (unpaired) electrons. The predicted molar refractivity (Wildman–Crippen MR) is 189 cm³/mol. The molecule has 0 aliphatic heterocycles. The molecular weight excluding hydrogens is 528 g/mol. The maximum atomic E-state index is 2.43. The van der Waals surface area contributed by atoms with Crippen molar-refractivity contribution in [2.75, 3.05) is 0 Å². The molecule has 0 saturated heterocycles. The van der Waals surface area contributed by atoms with Gasteiger partial charge in [0, 0.05) is 0 Å². The van der Waals surface area contributed by atoms with E-state index in [0.29, 0.717) is 0 Å². The molecule has 44 heavy (non-hydrogen) atoms. The first-order chi connectivity index (χ1) is 21.8. The molecule has 0 aliphatic carbocycles. The second-order valence-electron chi connectivity index (χ2n) is 11.6. The van der Waals surface area contributed by atoms with Gasteiger partial charge in [-0.1, -0.05) is 164 Å². The number of benzene rings is 9. The lowest BCUT2D eigenvalue weighted by atomic mass is 9.82. The number of hydrogen-bond donors (Lipinski definition) is 0. The second-order valence-corrected chi connectivity index (χ2v) is 11.6. The van der Waals surface area contributed by atoms with Gasteiger partial charge in [0.1, 0.15) is 0 Å². The molecule has 9 rings (SSSR count). The van der Waals surface area contributed by atoms with Gasteiger partial charge in [-0.2, -0.15) is 0 Å². The molecule has 0 saturated carbocycles. The normalized spacial score (nSPS) is 11.6. The van der Waals surface area contributed by atoms with Crippen LogP contribution >= 0.6 is 0 Å². The Morgan fingerprint density at radius 2 is 0.750 bits per heavy atom. The molecule has 0 fully saturated rings. The monoisotopic (exact) mass is 556 g/mol.